The Labute approximate surface area is 211 Å². The summed E-state index contributed by atoms with van der Waals surface area (Å²) in [5.41, 5.74) is 2.97. The average Bonchev–Trinajstić information content (AvgIpc) is 3.32. The summed E-state index contributed by atoms with van der Waals surface area (Å²) in [5, 5.41) is 3.71. The third-order valence-electron chi connectivity index (χ3n) is 7.10. The predicted octanol–water partition coefficient (Wildman–Crippen LogP) is 6.12. The monoisotopic (exact) mass is 503 g/mol. The van der Waals surface area contributed by atoms with Gasteiger partial charge in [-0.05, 0) is 73.9 Å². The summed E-state index contributed by atoms with van der Waals surface area (Å²) in [6.07, 6.45) is 2.11. The van der Waals surface area contributed by atoms with Gasteiger partial charge in [-0.15, -0.1) is 0 Å². The van der Waals surface area contributed by atoms with Gasteiger partial charge in [-0.25, -0.2) is 0 Å². The number of hydrogen-bond acceptors (Lipinski definition) is 5. The Kier molecular flexibility index (Phi) is 8.44. The van der Waals surface area contributed by atoms with Gasteiger partial charge < -0.3 is 19.7 Å². The number of halogens is 3. The Morgan fingerprint density at radius 3 is 2.81 bits per heavy atom. The second kappa shape index (κ2) is 11.5. The van der Waals surface area contributed by atoms with Crippen molar-refractivity contribution in [3.05, 3.63) is 65.1 Å². The zero-order valence-electron chi connectivity index (χ0n) is 21.2. The molecule has 5 nitrogen and oxygen atoms in total. The topological polar surface area (TPSA) is 46.6 Å². The molecule has 0 saturated carbocycles. The van der Waals surface area contributed by atoms with Crippen LogP contribution in [0.3, 0.4) is 0 Å². The summed E-state index contributed by atoms with van der Waals surface area (Å²) in [4.78, 5) is 6.16. The van der Waals surface area contributed by atoms with Gasteiger partial charge in [-0.3, -0.25) is 4.98 Å². The largest absolute Gasteiger partial charge is 0.454 e. The van der Waals surface area contributed by atoms with Crippen LogP contribution in [0.4, 0.5) is 13.2 Å². The first-order chi connectivity index (χ1) is 17.2. The first-order valence-electron chi connectivity index (χ1n) is 12.8. The van der Waals surface area contributed by atoms with Crippen molar-refractivity contribution in [1.29, 1.82) is 0 Å². The lowest BCUT2D eigenvalue weighted by Crippen LogP contribution is -2.33. The minimum absolute atomic E-state index is 0.293. The van der Waals surface area contributed by atoms with Crippen molar-refractivity contribution < 1.29 is 22.6 Å². The second-order valence-electron chi connectivity index (χ2n) is 9.97. The lowest BCUT2D eigenvalue weighted by atomic mass is 9.99. The number of ether oxygens (including phenoxy) is 2. The van der Waals surface area contributed by atoms with Crippen molar-refractivity contribution in [3.63, 3.8) is 0 Å². The molecule has 1 aromatic heterocycles. The first-order valence-corrected chi connectivity index (χ1v) is 12.8. The lowest BCUT2D eigenvalue weighted by molar-refractivity contribution is -0.137. The number of nitrogens with one attached hydrogen (secondary N) is 1. The van der Waals surface area contributed by atoms with Crippen molar-refractivity contribution in [3.8, 4) is 11.5 Å². The zero-order valence-corrected chi connectivity index (χ0v) is 21.2. The van der Waals surface area contributed by atoms with Crippen LogP contribution in [0.25, 0.3) is 0 Å². The Morgan fingerprint density at radius 1 is 1.22 bits per heavy atom. The van der Waals surface area contributed by atoms with Crippen LogP contribution in [-0.4, -0.2) is 35.8 Å². The van der Waals surface area contributed by atoms with Gasteiger partial charge in [0.15, 0.2) is 11.5 Å². The molecule has 0 saturated heterocycles. The summed E-state index contributed by atoms with van der Waals surface area (Å²) in [6.45, 7) is 11.1. The van der Waals surface area contributed by atoms with Crippen LogP contribution in [0, 0.1) is 5.92 Å². The number of allylic oxidation sites excluding steroid dienone is 1. The van der Waals surface area contributed by atoms with E-state index in [0.29, 0.717) is 37.3 Å². The summed E-state index contributed by atoms with van der Waals surface area (Å²) < 4.78 is 50.1. The number of hydrogen-bond donors (Lipinski definition) is 1. The van der Waals surface area contributed by atoms with E-state index < -0.39 is 11.7 Å². The average molecular weight is 504 g/mol. The molecular weight excluding hydrogens is 467 g/mol. The number of benzene rings is 1. The highest BCUT2D eigenvalue weighted by molar-refractivity contribution is 5.44. The van der Waals surface area contributed by atoms with Crippen molar-refractivity contribution in [2.45, 2.75) is 71.1 Å². The van der Waals surface area contributed by atoms with E-state index in [9.17, 15) is 13.2 Å². The van der Waals surface area contributed by atoms with Crippen LogP contribution in [0.15, 0.2) is 42.7 Å². The lowest BCUT2D eigenvalue weighted by Gasteiger charge is -2.32. The molecule has 2 aliphatic heterocycles. The van der Waals surface area contributed by atoms with Crippen LogP contribution < -0.4 is 14.8 Å². The summed E-state index contributed by atoms with van der Waals surface area (Å²) in [7, 11) is 0. The minimum atomic E-state index is -4.37. The molecule has 0 aliphatic carbocycles. The number of aromatic nitrogens is 1. The molecule has 8 heteroatoms. The Hall–Kier alpha value is -2.74. The van der Waals surface area contributed by atoms with E-state index >= 15 is 0 Å². The highest BCUT2D eigenvalue weighted by atomic mass is 19.4. The zero-order chi connectivity index (χ0) is 25.7. The van der Waals surface area contributed by atoms with Crippen LogP contribution in [0.1, 0.15) is 61.9 Å². The number of pyridine rings is 1. The predicted molar refractivity (Wildman–Crippen MR) is 134 cm³/mol. The third-order valence-corrected chi connectivity index (χ3v) is 7.10. The van der Waals surface area contributed by atoms with E-state index in [-0.39, 0.29) is 0 Å². The maximum atomic E-state index is 13.1. The minimum Gasteiger partial charge on any atom is -0.454 e. The van der Waals surface area contributed by atoms with Gasteiger partial charge in [0.05, 0.1) is 5.56 Å². The molecule has 3 heterocycles. The molecule has 2 atom stereocenters. The maximum Gasteiger partial charge on any atom is 0.417 e. The van der Waals surface area contributed by atoms with Crippen LogP contribution in [0.2, 0.25) is 0 Å². The molecule has 4 rings (SSSR count). The molecular formula is C28H36F3N3O2. The molecule has 2 aliphatic rings. The van der Waals surface area contributed by atoms with Crippen molar-refractivity contribution >= 4 is 0 Å². The fourth-order valence-electron chi connectivity index (χ4n) is 4.92. The number of rotatable bonds is 11. The number of alkyl halides is 3. The molecule has 0 bridgehead atoms. The molecule has 196 valence electrons. The summed E-state index contributed by atoms with van der Waals surface area (Å²) >= 11 is 0. The van der Waals surface area contributed by atoms with E-state index in [4.69, 9.17) is 9.47 Å². The molecule has 0 fully saturated rings. The molecule has 0 radical (unpaired) electrons. The molecule has 36 heavy (non-hydrogen) atoms. The van der Waals surface area contributed by atoms with Crippen LogP contribution >= 0.6 is 0 Å². The van der Waals surface area contributed by atoms with E-state index in [1.807, 2.05) is 6.07 Å². The first kappa shape index (κ1) is 26.3. The Bertz CT molecular complexity index is 1060. The Balaban J connectivity index is 1.19. The Morgan fingerprint density at radius 2 is 2.03 bits per heavy atom. The van der Waals surface area contributed by atoms with Crippen molar-refractivity contribution in [1.82, 2.24) is 15.2 Å². The summed E-state index contributed by atoms with van der Waals surface area (Å²) in [6, 6.07) is 7.82. The number of fused-ring (bicyclic) bond motifs is 2. The highest BCUT2D eigenvalue weighted by Gasteiger charge is 2.32. The smallest absolute Gasteiger partial charge is 0.417 e. The molecule has 1 N–H and O–H groups in total. The van der Waals surface area contributed by atoms with Gasteiger partial charge in [0.1, 0.15) is 0 Å². The normalized spacial score (nSPS) is 16.5. The summed E-state index contributed by atoms with van der Waals surface area (Å²) in [5.74, 6) is 2.13. The van der Waals surface area contributed by atoms with Gasteiger partial charge in [-0.1, -0.05) is 26.5 Å². The fourth-order valence-corrected chi connectivity index (χ4v) is 4.92. The molecule has 2 aromatic rings. The highest BCUT2D eigenvalue weighted by Crippen LogP contribution is 2.33. The SMILES string of the molecule is C=C(CCCC(CC)NCC(C)Cc1ccc2c(c1)OCO2)N1CCc2ncc(C(F)(F)F)cc2C1. The molecule has 1 aromatic carbocycles. The van der Waals surface area contributed by atoms with E-state index in [0.717, 1.165) is 74.3 Å². The van der Waals surface area contributed by atoms with Gasteiger partial charge in [0.2, 0.25) is 6.79 Å². The van der Waals surface area contributed by atoms with E-state index in [2.05, 4.69) is 47.8 Å². The van der Waals surface area contributed by atoms with Gasteiger partial charge in [0, 0.05) is 43.1 Å². The fraction of sp³-hybridized carbons (Fsp3) is 0.536. The molecule has 2 unspecified atom stereocenters. The van der Waals surface area contributed by atoms with E-state index in [1.165, 1.54) is 11.6 Å². The van der Waals surface area contributed by atoms with Gasteiger partial charge in [0.25, 0.3) is 0 Å². The molecule has 0 spiro atoms. The van der Waals surface area contributed by atoms with Gasteiger partial charge >= 0.3 is 6.18 Å². The third kappa shape index (κ3) is 6.72. The second-order valence-corrected chi connectivity index (χ2v) is 9.97. The standard InChI is InChI=1S/C28H36F3N3O2/c1-4-24(32-15-19(2)12-21-8-9-26-27(13-21)36-18-35-26)7-5-6-20(3)34-11-10-25-22(17-34)14-23(16-33-25)28(29,30)31/h8-9,13-14,16,19,24,32H,3-7,10-12,15,17-18H2,1-2H3. The van der Waals surface area contributed by atoms with Gasteiger partial charge in [-0.2, -0.15) is 13.2 Å². The van der Waals surface area contributed by atoms with Crippen molar-refractivity contribution in [2.24, 2.45) is 5.92 Å². The quantitative estimate of drug-likeness (QED) is 0.400. The number of nitrogens with zero attached hydrogens (tertiary/aromatic N) is 2. The molecule has 0 amide bonds. The van der Waals surface area contributed by atoms with Crippen LogP contribution in [0.5, 0.6) is 11.5 Å². The van der Waals surface area contributed by atoms with Crippen LogP contribution in [-0.2, 0) is 25.6 Å². The maximum absolute atomic E-state index is 13.1. The van der Waals surface area contributed by atoms with Crippen molar-refractivity contribution in [2.75, 3.05) is 19.9 Å². The van der Waals surface area contributed by atoms with E-state index in [1.54, 1.807) is 0 Å².